The lowest BCUT2D eigenvalue weighted by Crippen LogP contribution is -2.47. The Balaban J connectivity index is 1.64. The number of nitrogens with zero attached hydrogens (tertiary/aromatic N) is 2. The van der Waals surface area contributed by atoms with Crippen molar-refractivity contribution in [2.45, 2.75) is 12.3 Å². The molecule has 0 saturated carbocycles. The van der Waals surface area contributed by atoms with E-state index < -0.39 is 0 Å². The SMILES string of the molecule is O=C(NCC(Cc1cccnc1)c1ccccc1)N1CCOCC1. The van der Waals surface area contributed by atoms with E-state index in [1.807, 2.05) is 35.4 Å². The minimum Gasteiger partial charge on any atom is -0.378 e. The van der Waals surface area contributed by atoms with Crippen LogP contribution in [-0.2, 0) is 11.2 Å². The molecular weight excluding hydrogens is 302 g/mol. The van der Waals surface area contributed by atoms with Gasteiger partial charge in [0.2, 0.25) is 0 Å². The lowest BCUT2D eigenvalue weighted by molar-refractivity contribution is 0.0531. The van der Waals surface area contributed by atoms with Crippen molar-refractivity contribution in [2.75, 3.05) is 32.8 Å². The maximum atomic E-state index is 12.3. The van der Waals surface area contributed by atoms with E-state index in [4.69, 9.17) is 4.74 Å². The molecule has 1 saturated heterocycles. The Morgan fingerprint density at radius 2 is 1.96 bits per heavy atom. The number of carbonyl (C=O) groups excluding carboxylic acids is 1. The molecule has 5 nitrogen and oxygen atoms in total. The fourth-order valence-corrected chi connectivity index (χ4v) is 2.93. The summed E-state index contributed by atoms with van der Waals surface area (Å²) in [4.78, 5) is 18.3. The molecule has 2 aromatic rings. The van der Waals surface area contributed by atoms with Crippen LogP contribution >= 0.6 is 0 Å². The summed E-state index contributed by atoms with van der Waals surface area (Å²) in [6.07, 6.45) is 4.52. The van der Waals surface area contributed by atoms with Crippen molar-refractivity contribution in [3.05, 3.63) is 66.0 Å². The first-order valence-electron chi connectivity index (χ1n) is 8.37. The van der Waals surface area contributed by atoms with E-state index in [1.165, 1.54) is 11.1 Å². The Hall–Kier alpha value is -2.40. The number of amides is 2. The van der Waals surface area contributed by atoms with Crippen molar-refractivity contribution in [3.63, 3.8) is 0 Å². The third-order valence-corrected chi connectivity index (χ3v) is 4.27. The largest absolute Gasteiger partial charge is 0.378 e. The molecule has 2 heterocycles. The molecule has 2 amide bonds. The van der Waals surface area contributed by atoms with Crippen LogP contribution in [-0.4, -0.2) is 48.8 Å². The number of benzene rings is 1. The van der Waals surface area contributed by atoms with Crippen LogP contribution in [0.2, 0.25) is 0 Å². The number of urea groups is 1. The highest BCUT2D eigenvalue weighted by Gasteiger charge is 2.19. The smallest absolute Gasteiger partial charge is 0.317 e. The molecule has 0 bridgehead atoms. The van der Waals surface area contributed by atoms with Gasteiger partial charge in [0.05, 0.1) is 13.2 Å². The molecule has 1 aliphatic heterocycles. The van der Waals surface area contributed by atoms with Gasteiger partial charge < -0.3 is 15.0 Å². The van der Waals surface area contributed by atoms with Gasteiger partial charge in [0.25, 0.3) is 0 Å². The monoisotopic (exact) mass is 325 g/mol. The van der Waals surface area contributed by atoms with Crippen LogP contribution in [0.1, 0.15) is 17.0 Å². The molecule has 1 aromatic heterocycles. The van der Waals surface area contributed by atoms with Gasteiger partial charge in [0.1, 0.15) is 0 Å². The molecule has 24 heavy (non-hydrogen) atoms. The molecule has 1 unspecified atom stereocenters. The summed E-state index contributed by atoms with van der Waals surface area (Å²) in [6.45, 7) is 3.15. The second kappa shape index (κ2) is 8.45. The van der Waals surface area contributed by atoms with E-state index >= 15 is 0 Å². The zero-order valence-corrected chi connectivity index (χ0v) is 13.7. The minimum atomic E-state index is -0.00887. The molecule has 5 heteroatoms. The molecule has 3 rings (SSSR count). The number of nitrogens with one attached hydrogen (secondary N) is 1. The maximum absolute atomic E-state index is 12.3. The summed E-state index contributed by atoms with van der Waals surface area (Å²) in [6, 6.07) is 14.3. The van der Waals surface area contributed by atoms with E-state index in [9.17, 15) is 4.79 Å². The lowest BCUT2D eigenvalue weighted by Gasteiger charge is -2.28. The van der Waals surface area contributed by atoms with Crippen LogP contribution in [0.4, 0.5) is 4.79 Å². The van der Waals surface area contributed by atoms with Gasteiger partial charge in [-0.25, -0.2) is 4.79 Å². The third-order valence-electron chi connectivity index (χ3n) is 4.27. The summed E-state index contributed by atoms with van der Waals surface area (Å²) >= 11 is 0. The zero-order valence-electron chi connectivity index (χ0n) is 13.7. The number of carbonyl (C=O) groups is 1. The van der Waals surface area contributed by atoms with Crippen molar-refractivity contribution in [2.24, 2.45) is 0 Å². The second-order valence-corrected chi connectivity index (χ2v) is 5.96. The topological polar surface area (TPSA) is 54.5 Å². The predicted octanol–water partition coefficient (Wildman–Crippen LogP) is 2.45. The summed E-state index contributed by atoms with van der Waals surface area (Å²) in [5, 5.41) is 3.08. The Morgan fingerprint density at radius 3 is 2.67 bits per heavy atom. The second-order valence-electron chi connectivity index (χ2n) is 5.96. The Morgan fingerprint density at radius 1 is 1.17 bits per heavy atom. The molecular formula is C19H23N3O2. The normalized spacial score (nSPS) is 15.8. The van der Waals surface area contributed by atoms with E-state index in [0.29, 0.717) is 32.8 Å². The average Bonchev–Trinajstić information content (AvgIpc) is 2.67. The van der Waals surface area contributed by atoms with Crippen molar-refractivity contribution >= 4 is 6.03 Å². The Bertz CT molecular complexity index is 628. The Labute approximate surface area is 142 Å². The van der Waals surface area contributed by atoms with Crippen LogP contribution < -0.4 is 5.32 Å². The van der Waals surface area contributed by atoms with E-state index in [0.717, 1.165) is 6.42 Å². The van der Waals surface area contributed by atoms with Gasteiger partial charge in [0.15, 0.2) is 0 Å². The highest BCUT2D eigenvalue weighted by Crippen LogP contribution is 2.20. The molecule has 1 N–H and O–H groups in total. The zero-order chi connectivity index (χ0) is 16.6. The predicted molar refractivity (Wildman–Crippen MR) is 92.9 cm³/mol. The first-order valence-corrected chi connectivity index (χ1v) is 8.37. The number of hydrogen-bond donors (Lipinski definition) is 1. The first kappa shape index (κ1) is 16.5. The van der Waals surface area contributed by atoms with Crippen LogP contribution in [0.15, 0.2) is 54.9 Å². The number of hydrogen-bond acceptors (Lipinski definition) is 3. The number of pyridine rings is 1. The standard InChI is InChI=1S/C19H23N3O2/c23-19(22-9-11-24-12-10-22)21-15-18(17-6-2-1-3-7-17)13-16-5-4-8-20-14-16/h1-8,14,18H,9-13,15H2,(H,21,23). The number of morpholine rings is 1. The molecule has 0 aliphatic carbocycles. The lowest BCUT2D eigenvalue weighted by atomic mass is 9.92. The van der Waals surface area contributed by atoms with Gasteiger partial charge in [-0.3, -0.25) is 4.98 Å². The number of ether oxygens (including phenoxy) is 1. The van der Waals surface area contributed by atoms with Gasteiger partial charge in [-0.15, -0.1) is 0 Å². The van der Waals surface area contributed by atoms with Gasteiger partial charge in [-0.05, 0) is 23.6 Å². The summed E-state index contributed by atoms with van der Waals surface area (Å²) in [5.74, 6) is 0.223. The van der Waals surface area contributed by atoms with Crippen molar-refractivity contribution in [3.8, 4) is 0 Å². The highest BCUT2D eigenvalue weighted by molar-refractivity contribution is 5.74. The first-order chi connectivity index (χ1) is 11.8. The van der Waals surface area contributed by atoms with Gasteiger partial charge in [-0.2, -0.15) is 0 Å². The highest BCUT2D eigenvalue weighted by atomic mass is 16.5. The van der Waals surface area contributed by atoms with Gasteiger partial charge in [-0.1, -0.05) is 36.4 Å². The molecule has 0 spiro atoms. The summed E-state index contributed by atoms with van der Waals surface area (Å²) in [7, 11) is 0. The fourth-order valence-electron chi connectivity index (χ4n) is 2.93. The van der Waals surface area contributed by atoms with E-state index in [2.05, 4.69) is 28.5 Å². The Kier molecular flexibility index (Phi) is 5.80. The van der Waals surface area contributed by atoms with Crippen LogP contribution in [0.25, 0.3) is 0 Å². The third kappa shape index (κ3) is 4.55. The van der Waals surface area contributed by atoms with Gasteiger partial charge in [0, 0.05) is 37.9 Å². The molecule has 126 valence electrons. The van der Waals surface area contributed by atoms with Crippen molar-refractivity contribution in [1.82, 2.24) is 15.2 Å². The molecule has 0 radical (unpaired) electrons. The molecule has 1 atom stereocenters. The molecule has 1 aliphatic rings. The molecule has 1 aromatic carbocycles. The van der Waals surface area contributed by atoms with Gasteiger partial charge >= 0.3 is 6.03 Å². The van der Waals surface area contributed by atoms with Crippen molar-refractivity contribution in [1.29, 1.82) is 0 Å². The minimum absolute atomic E-state index is 0.00887. The number of rotatable bonds is 5. The quantitative estimate of drug-likeness (QED) is 0.919. The van der Waals surface area contributed by atoms with Crippen LogP contribution in [0, 0.1) is 0 Å². The van der Waals surface area contributed by atoms with Crippen molar-refractivity contribution < 1.29 is 9.53 Å². The fraction of sp³-hybridized carbons (Fsp3) is 0.368. The summed E-state index contributed by atoms with van der Waals surface area (Å²) in [5.41, 5.74) is 2.40. The average molecular weight is 325 g/mol. The van der Waals surface area contributed by atoms with Crippen LogP contribution in [0.5, 0.6) is 0 Å². The summed E-state index contributed by atoms with van der Waals surface area (Å²) < 4.78 is 5.30. The van der Waals surface area contributed by atoms with E-state index in [-0.39, 0.29) is 11.9 Å². The van der Waals surface area contributed by atoms with Crippen LogP contribution in [0.3, 0.4) is 0 Å². The van der Waals surface area contributed by atoms with E-state index in [1.54, 1.807) is 6.20 Å². The molecule has 1 fully saturated rings. The number of aromatic nitrogens is 1. The maximum Gasteiger partial charge on any atom is 0.317 e.